The molecule has 3 heteroatoms. The Bertz CT molecular complexity index is 495. The van der Waals surface area contributed by atoms with E-state index in [4.69, 9.17) is 0 Å². The van der Waals surface area contributed by atoms with Crippen molar-refractivity contribution in [3.63, 3.8) is 0 Å². The smallest absolute Gasteiger partial charge is 0.123 e. The van der Waals surface area contributed by atoms with Crippen molar-refractivity contribution in [1.82, 2.24) is 5.32 Å². The second-order valence-corrected chi connectivity index (χ2v) is 5.86. The van der Waals surface area contributed by atoms with Crippen LogP contribution in [0.5, 0.6) is 0 Å². The molecule has 2 aromatic rings. The van der Waals surface area contributed by atoms with Gasteiger partial charge in [0.15, 0.2) is 0 Å². The van der Waals surface area contributed by atoms with Crippen LogP contribution in [0.3, 0.4) is 0 Å². The molecule has 0 fully saturated rings. The number of halogens is 1. The van der Waals surface area contributed by atoms with Gasteiger partial charge < -0.3 is 5.32 Å². The van der Waals surface area contributed by atoms with Crippen molar-refractivity contribution in [3.8, 4) is 0 Å². The SMILES string of the molecule is CCC(NC(C)Cc1cccc(F)c1)c1cccs1. The third-order valence-electron chi connectivity index (χ3n) is 3.21. The first-order valence-corrected chi connectivity index (χ1v) is 7.61. The highest BCUT2D eigenvalue weighted by molar-refractivity contribution is 7.10. The van der Waals surface area contributed by atoms with Crippen LogP contribution >= 0.6 is 11.3 Å². The maximum absolute atomic E-state index is 13.2. The second-order valence-electron chi connectivity index (χ2n) is 4.88. The summed E-state index contributed by atoms with van der Waals surface area (Å²) in [6.07, 6.45) is 1.91. The first kappa shape index (κ1) is 14.2. The van der Waals surface area contributed by atoms with Crippen molar-refractivity contribution in [2.75, 3.05) is 0 Å². The van der Waals surface area contributed by atoms with Gasteiger partial charge in [0, 0.05) is 17.0 Å². The number of thiophene rings is 1. The van der Waals surface area contributed by atoms with E-state index in [0.717, 1.165) is 18.4 Å². The highest BCUT2D eigenvalue weighted by Crippen LogP contribution is 2.22. The van der Waals surface area contributed by atoms with Crippen LogP contribution in [0.15, 0.2) is 41.8 Å². The molecule has 1 nitrogen and oxygen atoms in total. The standard InChI is InChI=1S/C16H20FNS/c1-3-15(16-8-5-9-19-16)18-12(2)10-13-6-4-7-14(17)11-13/h4-9,11-12,15,18H,3,10H2,1-2H3. The molecule has 2 atom stereocenters. The van der Waals surface area contributed by atoms with Gasteiger partial charge in [-0.1, -0.05) is 25.1 Å². The molecule has 0 saturated carbocycles. The zero-order valence-corrected chi connectivity index (χ0v) is 12.2. The van der Waals surface area contributed by atoms with E-state index in [-0.39, 0.29) is 5.82 Å². The molecule has 0 bridgehead atoms. The molecule has 1 aromatic heterocycles. The summed E-state index contributed by atoms with van der Waals surface area (Å²) in [4.78, 5) is 1.37. The van der Waals surface area contributed by atoms with Gasteiger partial charge in [-0.25, -0.2) is 4.39 Å². The Balaban J connectivity index is 1.95. The van der Waals surface area contributed by atoms with Gasteiger partial charge in [0.05, 0.1) is 0 Å². The lowest BCUT2D eigenvalue weighted by Gasteiger charge is -2.21. The van der Waals surface area contributed by atoms with E-state index in [1.54, 1.807) is 23.5 Å². The van der Waals surface area contributed by atoms with Crippen LogP contribution in [-0.4, -0.2) is 6.04 Å². The summed E-state index contributed by atoms with van der Waals surface area (Å²) in [6, 6.07) is 11.8. The molecule has 2 rings (SSSR count). The summed E-state index contributed by atoms with van der Waals surface area (Å²) < 4.78 is 13.2. The molecule has 102 valence electrons. The van der Waals surface area contributed by atoms with Crippen molar-refractivity contribution in [1.29, 1.82) is 0 Å². The van der Waals surface area contributed by atoms with Gasteiger partial charge in [-0.15, -0.1) is 11.3 Å². The number of nitrogens with one attached hydrogen (secondary N) is 1. The average molecular weight is 277 g/mol. The van der Waals surface area contributed by atoms with Crippen LogP contribution in [0.1, 0.15) is 36.8 Å². The first-order valence-electron chi connectivity index (χ1n) is 6.73. The van der Waals surface area contributed by atoms with Crippen LogP contribution < -0.4 is 5.32 Å². The lowest BCUT2D eigenvalue weighted by Crippen LogP contribution is -2.31. The van der Waals surface area contributed by atoms with Crippen LogP contribution in [0, 0.1) is 5.82 Å². The van der Waals surface area contributed by atoms with E-state index in [9.17, 15) is 4.39 Å². The lowest BCUT2D eigenvalue weighted by molar-refractivity contribution is 0.448. The summed E-state index contributed by atoms with van der Waals surface area (Å²) in [7, 11) is 0. The summed E-state index contributed by atoms with van der Waals surface area (Å²) in [5.74, 6) is -0.157. The predicted octanol–water partition coefficient (Wildman–Crippen LogP) is 4.56. The average Bonchev–Trinajstić information content (AvgIpc) is 2.89. The van der Waals surface area contributed by atoms with Crippen LogP contribution in [0.25, 0.3) is 0 Å². The number of rotatable bonds is 6. The maximum Gasteiger partial charge on any atom is 0.123 e. The molecule has 0 aliphatic rings. The lowest BCUT2D eigenvalue weighted by atomic mass is 10.1. The predicted molar refractivity (Wildman–Crippen MR) is 80.1 cm³/mol. The van der Waals surface area contributed by atoms with E-state index in [1.807, 2.05) is 6.07 Å². The Hall–Kier alpha value is -1.19. The van der Waals surface area contributed by atoms with Crippen LogP contribution in [0.4, 0.5) is 4.39 Å². The molecule has 2 unspecified atom stereocenters. The van der Waals surface area contributed by atoms with E-state index < -0.39 is 0 Å². The van der Waals surface area contributed by atoms with Crippen molar-refractivity contribution in [2.24, 2.45) is 0 Å². The molecule has 1 aromatic carbocycles. The Morgan fingerprint density at radius 2 is 2.11 bits per heavy atom. The Morgan fingerprint density at radius 1 is 1.26 bits per heavy atom. The van der Waals surface area contributed by atoms with Gasteiger partial charge in [-0.2, -0.15) is 0 Å². The highest BCUT2D eigenvalue weighted by Gasteiger charge is 2.13. The maximum atomic E-state index is 13.2. The molecule has 0 aliphatic heterocycles. The monoisotopic (exact) mass is 277 g/mol. The van der Waals surface area contributed by atoms with Gasteiger partial charge >= 0.3 is 0 Å². The number of benzene rings is 1. The molecule has 0 aliphatic carbocycles. The highest BCUT2D eigenvalue weighted by atomic mass is 32.1. The first-order chi connectivity index (χ1) is 9.19. The molecule has 1 heterocycles. The minimum absolute atomic E-state index is 0.157. The number of hydrogen-bond acceptors (Lipinski definition) is 2. The largest absolute Gasteiger partial charge is 0.306 e. The molecular formula is C16H20FNS. The van der Waals surface area contributed by atoms with Gasteiger partial charge in [0.25, 0.3) is 0 Å². The van der Waals surface area contributed by atoms with Gasteiger partial charge in [0.2, 0.25) is 0 Å². The minimum Gasteiger partial charge on any atom is -0.306 e. The number of hydrogen-bond donors (Lipinski definition) is 1. The van der Waals surface area contributed by atoms with E-state index >= 15 is 0 Å². The van der Waals surface area contributed by atoms with Gasteiger partial charge in [-0.3, -0.25) is 0 Å². The van der Waals surface area contributed by atoms with E-state index in [0.29, 0.717) is 12.1 Å². The summed E-state index contributed by atoms with van der Waals surface area (Å²) in [6.45, 7) is 4.34. The fourth-order valence-corrected chi connectivity index (χ4v) is 3.18. The van der Waals surface area contributed by atoms with E-state index in [1.165, 1.54) is 10.9 Å². The quantitative estimate of drug-likeness (QED) is 0.816. The summed E-state index contributed by atoms with van der Waals surface area (Å²) >= 11 is 1.78. The van der Waals surface area contributed by atoms with E-state index in [2.05, 4.69) is 36.7 Å². The fraction of sp³-hybridized carbons (Fsp3) is 0.375. The summed E-state index contributed by atoms with van der Waals surface area (Å²) in [5, 5.41) is 5.73. The Labute approximate surface area is 118 Å². The minimum atomic E-state index is -0.157. The van der Waals surface area contributed by atoms with Crippen molar-refractivity contribution >= 4 is 11.3 Å². The van der Waals surface area contributed by atoms with Crippen molar-refractivity contribution in [3.05, 3.63) is 58.0 Å². The Kier molecular flexibility index (Phi) is 5.11. The molecule has 1 N–H and O–H groups in total. The third-order valence-corrected chi connectivity index (χ3v) is 4.20. The normalized spacial score (nSPS) is 14.3. The van der Waals surface area contributed by atoms with Crippen LogP contribution in [0.2, 0.25) is 0 Å². The van der Waals surface area contributed by atoms with Crippen molar-refractivity contribution in [2.45, 2.75) is 38.8 Å². The van der Waals surface area contributed by atoms with Gasteiger partial charge in [0.1, 0.15) is 5.82 Å². The molecule has 0 amide bonds. The topological polar surface area (TPSA) is 12.0 Å². The Morgan fingerprint density at radius 3 is 2.74 bits per heavy atom. The molecular weight excluding hydrogens is 257 g/mol. The second kappa shape index (κ2) is 6.83. The third kappa shape index (κ3) is 4.15. The van der Waals surface area contributed by atoms with Crippen LogP contribution in [-0.2, 0) is 6.42 Å². The van der Waals surface area contributed by atoms with Gasteiger partial charge in [-0.05, 0) is 48.9 Å². The summed E-state index contributed by atoms with van der Waals surface area (Å²) in [5.41, 5.74) is 1.04. The molecule has 19 heavy (non-hydrogen) atoms. The molecule has 0 spiro atoms. The molecule has 0 radical (unpaired) electrons. The zero-order chi connectivity index (χ0) is 13.7. The fourth-order valence-electron chi connectivity index (χ4n) is 2.31. The molecule has 0 saturated heterocycles. The van der Waals surface area contributed by atoms with Crippen molar-refractivity contribution < 1.29 is 4.39 Å². The zero-order valence-electron chi connectivity index (χ0n) is 11.4.